The average Bonchev–Trinajstić information content (AvgIpc) is 1.74. The van der Waals surface area contributed by atoms with Gasteiger partial charge >= 0.3 is 21.3 Å². The molecule has 0 bridgehead atoms. The van der Waals surface area contributed by atoms with E-state index in [1.54, 1.807) is 27.7 Å². The van der Waals surface area contributed by atoms with Gasteiger partial charge in [-0.25, -0.2) is 0 Å². The fraction of sp³-hybridized carbons (Fsp3) is 0.486. The van der Waals surface area contributed by atoms with Crippen molar-refractivity contribution in [2.75, 3.05) is 25.9 Å². The van der Waals surface area contributed by atoms with E-state index in [1.807, 2.05) is 122 Å². The summed E-state index contributed by atoms with van der Waals surface area (Å²) in [5.41, 5.74) is 4.97. The molecule has 0 saturated carbocycles. The van der Waals surface area contributed by atoms with Crippen molar-refractivity contribution >= 4 is 57.2 Å². The first kappa shape index (κ1) is 78.8. The van der Waals surface area contributed by atoms with E-state index in [4.69, 9.17) is 41.3 Å². The van der Waals surface area contributed by atoms with Gasteiger partial charge in [-0.05, 0) is 192 Å². The van der Waals surface area contributed by atoms with E-state index < -0.39 is 11.2 Å². The van der Waals surface area contributed by atoms with Crippen LogP contribution in [0.25, 0.3) is 0 Å². The molecule has 4 heterocycles. The van der Waals surface area contributed by atoms with Crippen LogP contribution in [0.5, 0.6) is 0 Å². The number of benzene rings is 6. The van der Waals surface area contributed by atoms with Crippen molar-refractivity contribution in [3.05, 3.63) is 215 Å². The van der Waals surface area contributed by atoms with Crippen LogP contribution in [0.3, 0.4) is 0 Å². The second-order valence-corrected chi connectivity index (χ2v) is 25.4. The molecule has 6 aromatic carbocycles. The summed E-state index contributed by atoms with van der Waals surface area (Å²) in [6.07, 6.45) is 8.95. The Morgan fingerprint density at radius 3 is 1.24 bits per heavy atom. The fourth-order valence-corrected chi connectivity index (χ4v) is 11.8. The van der Waals surface area contributed by atoms with Crippen molar-refractivity contribution in [2.24, 2.45) is 0 Å². The van der Waals surface area contributed by atoms with Crippen LogP contribution in [0, 0.1) is 0 Å². The minimum atomic E-state index is -0.945. The molecule has 11 nitrogen and oxygen atoms in total. The van der Waals surface area contributed by atoms with Crippen molar-refractivity contribution in [2.45, 2.75) is 201 Å². The molecule has 4 aliphatic heterocycles. The molecule has 0 aliphatic carbocycles. The maximum Gasteiger partial charge on any atom is 0.454 e. The Kier molecular flexibility index (Phi) is 36.5. The second-order valence-electron chi connectivity index (χ2n) is 23.9. The zero-order valence-electron chi connectivity index (χ0n) is 55.3. The molecular weight excluding hydrogens is 1140 g/mol. The molecule has 89 heavy (non-hydrogen) atoms. The molecule has 482 valence electrons. The summed E-state index contributed by atoms with van der Waals surface area (Å²) in [7, 11) is 4.78. The Hall–Kier alpha value is -4.42. The fourth-order valence-electron chi connectivity index (χ4n) is 11.8. The van der Waals surface area contributed by atoms with Gasteiger partial charge in [-0.2, -0.15) is 0 Å². The Balaban J connectivity index is 0.000000297. The van der Waals surface area contributed by atoms with Crippen LogP contribution >= 0.6 is 24.0 Å². The molecule has 3 atom stereocenters. The number of rotatable bonds is 16. The van der Waals surface area contributed by atoms with E-state index in [1.165, 1.54) is 46.9 Å². The largest absolute Gasteiger partial charge is 0.454 e. The van der Waals surface area contributed by atoms with Gasteiger partial charge in [0, 0.05) is 48.6 Å². The highest BCUT2D eigenvalue weighted by Gasteiger charge is 2.57. The number of aliphatic hydroxyl groups is 3. The number of hydrogen-bond acceptors (Lipinski definition) is 13. The van der Waals surface area contributed by atoms with Gasteiger partial charge in [0.1, 0.15) is 24.6 Å². The lowest BCUT2D eigenvalue weighted by Gasteiger charge is -2.42. The topological polar surface area (TPSA) is 134 Å². The van der Waals surface area contributed by atoms with Gasteiger partial charge in [0.05, 0.1) is 0 Å². The van der Waals surface area contributed by atoms with Crippen LogP contribution in [-0.2, 0) is 40.1 Å². The lowest BCUT2D eigenvalue weighted by atomic mass is 9.76. The van der Waals surface area contributed by atoms with Gasteiger partial charge in [-0.15, -0.1) is 11.8 Å². The normalized spacial score (nSPS) is 17.4. The van der Waals surface area contributed by atoms with E-state index in [0.717, 1.165) is 56.4 Å². The van der Waals surface area contributed by atoms with Gasteiger partial charge < -0.3 is 54.0 Å². The Morgan fingerprint density at radius 2 is 0.910 bits per heavy atom. The highest BCUT2D eigenvalue weighted by atomic mass is 32.2. The Morgan fingerprint density at radius 1 is 0.584 bits per heavy atom. The third-order valence-corrected chi connectivity index (χ3v) is 15.8. The van der Waals surface area contributed by atoms with E-state index in [0.29, 0.717) is 10.1 Å². The highest BCUT2D eigenvalue weighted by Crippen LogP contribution is 2.49. The molecule has 4 fully saturated rings. The second kappa shape index (κ2) is 41.2. The van der Waals surface area contributed by atoms with Crippen LogP contribution in [0.2, 0.25) is 20.5 Å². The maximum absolute atomic E-state index is 11.4. The van der Waals surface area contributed by atoms with Crippen molar-refractivity contribution in [3.8, 4) is 0 Å². The molecule has 6 aromatic rings. The molecular formula is C72H107B4N3O8S2. The van der Waals surface area contributed by atoms with E-state index in [-0.39, 0.29) is 76.9 Å². The zero-order valence-corrected chi connectivity index (χ0v) is 56.9. The highest BCUT2D eigenvalue weighted by molar-refractivity contribution is 8.25. The van der Waals surface area contributed by atoms with Gasteiger partial charge in [-0.3, -0.25) is 0 Å². The lowest BCUT2D eigenvalue weighted by molar-refractivity contribution is 0.0308. The zero-order chi connectivity index (χ0) is 64.7. The monoisotopic (exact) mass is 1250 g/mol. The maximum atomic E-state index is 11.4. The molecule has 0 amide bonds. The van der Waals surface area contributed by atoms with Crippen molar-refractivity contribution in [1.29, 1.82) is 0 Å². The number of nitrogens with one attached hydrogen (secondary N) is 2. The Bertz CT molecular complexity index is 2620. The average molecular weight is 1250 g/mol. The number of fused-ring (bicyclic) bond motifs is 1. The number of aliphatic hydroxyl groups excluding tert-OH is 2. The van der Waals surface area contributed by atoms with Gasteiger partial charge in [-0.1, -0.05) is 202 Å². The molecule has 2 radical (unpaired) electrons. The molecule has 5 N–H and O–H groups in total. The summed E-state index contributed by atoms with van der Waals surface area (Å²) < 4.78 is 30.5. The van der Waals surface area contributed by atoms with E-state index >= 15 is 0 Å². The predicted octanol–water partition coefficient (Wildman–Crippen LogP) is 14.6. The summed E-state index contributed by atoms with van der Waals surface area (Å²) in [4.78, 5) is 2.53. The lowest BCUT2D eigenvalue weighted by Crippen LogP contribution is -2.51. The number of hydrogen-bond donors (Lipinski definition) is 5. The summed E-state index contributed by atoms with van der Waals surface area (Å²) in [6, 6.07) is 63.2. The van der Waals surface area contributed by atoms with Crippen molar-refractivity contribution in [1.82, 2.24) is 15.4 Å². The minimum Gasteiger partial charge on any atom is -0.409 e. The SMILES string of the molecule is C.CB(OC(C)C)OC(C)C.CB(OC(C)C)OC(c1ccccc1)(c1ccccc1)[C@@H]1CCCN1.CB1OC(c2ccccc2)(c2ccccc2)[C@@H]2CCCN12.CC(C)O.CC(C)O.OC(c1ccccc1)(c1ccccc1)[C@@H]1CCCN1.[B]C(=S)SC. The third kappa shape index (κ3) is 24.9. The summed E-state index contributed by atoms with van der Waals surface area (Å²) in [5, 5.41) is 34.6. The molecule has 4 aliphatic rings. The summed E-state index contributed by atoms with van der Waals surface area (Å²) >= 11 is 5.83. The third-order valence-electron chi connectivity index (χ3n) is 14.9. The van der Waals surface area contributed by atoms with Gasteiger partial charge in [0.25, 0.3) is 0 Å². The van der Waals surface area contributed by atoms with Crippen LogP contribution in [0.1, 0.15) is 149 Å². The smallest absolute Gasteiger partial charge is 0.409 e. The van der Waals surface area contributed by atoms with Gasteiger partial charge in [0.15, 0.2) is 0 Å². The first-order chi connectivity index (χ1) is 42.0. The number of thiocarbonyl (C=S) groups is 1. The molecule has 4 saturated heterocycles. The quantitative estimate of drug-likeness (QED) is 0.0465. The van der Waals surface area contributed by atoms with Crippen LogP contribution in [0.4, 0.5) is 0 Å². The summed E-state index contributed by atoms with van der Waals surface area (Å²) in [6.45, 7) is 28.2. The van der Waals surface area contributed by atoms with Gasteiger partial charge in [0.2, 0.25) is 0 Å². The van der Waals surface area contributed by atoms with Crippen molar-refractivity contribution in [3.63, 3.8) is 0 Å². The minimum absolute atomic E-state index is 0. The predicted molar refractivity (Wildman–Crippen MR) is 384 cm³/mol. The van der Waals surface area contributed by atoms with Crippen LogP contribution in [0.15, 0.2) is 182 Å². The standard InChI is InChI=1S/C21H28BNO2.C18H20BNO.C17H19NO.C7H17BO2.2C3H8O.C2H3BS2.CH4/c1-17(2)24-22(3)25-21(20-15-10-16-23-20,18-11-6-4-7-12-18)19-13-8-5-9-14-19;1-19-20-14-8-13-17(20)18(21-19,15-9-4-2-5-10-15)16-11-6-3-7-12-16;19-17(16-12-7-13-18-16,14-8-3-1-4-9-14)15-10-5-2-6-11-15;1-6(2)9-8(5)10-7(3)4;2*1-3(2)4;1-5-2(3)4;/h4-9,11-14,17,20,23H,10,15-16H2,1-3H3;2-7,9-12,17H,8,13-14H2,1H3;1-6,8-11,16,18-19H,7,12-13H2;6-7H,1-5H3;2*3-4H,1-2H3;1H3;1H4/t20-;17-;16-;;;;;/m000...../s1. The number of thioether (sulfide) groups is 1. The van der Waals surface area contributed by atoms with Crippen LogP contribution in [-0.4, -0.2) is 128 Å². The van der Waals surface area contributed by atoms with E-state index in [9.17, 15) is 5.11 Å². The first-order valence-corrected chi connectivity index (χ1v) is 33.4. The van der Waals surface area contributed by atoms with E-state index in [2.05, 4.69) is 156 Å². The molecule has 17 heteroatoms. The first-order valence-electron chi connectivity index (χ1n) is 31.8. The molecule has 0 unspecified atom stereocenters. The number of nitrogens with zero attached hydrogens (tertiary/aromatic N) is 1. The molecule has 0 spiro atoms. The molecule has 10 rings (SSSR count). The Labute approximate surface area is 550 Å². The van der Waals surface area contributed by atoms with Crippen molar-refractivity contribution < 1.29 is 38.6 Å². The van der Waals surface area contributed by atoms with Crippen LogP contribution < -0.4 is 10.6 Å². The molecule has 0 aromatic heterocycles. The summed E-state index contributed by atoms with van der Waals surface area (Å²) in [5.74, 6) is 0.